The molecule has 2 aliphatic rings. The fraction of sp³-hybridized carbons (Fsp3) is 0.439. The highest BCUT2D eigenvalue weighted by atomic mass is 16.6. The van der Waals surface area contributed by atoms with Crippen LogP contribution in [0.15, 0.2) is 67.0 Å². The third kappa shape index (κ3) is 10.1. The highest BCUT2D eigenvalue weighted by Crippen LogP contribution is 2.57. The summed E-state index contributed by atoms with van der Waals surface area (Å²) in [6.45, 7) is 8.89. The Kier molecular flexibility index (Phi) is 11.1. The van der Waals surface area contributed by atoms with Crippen molar-refractivity contribution in [1.82, 2.24) is 20.2 Å². The molecule has 292 valence electrons. The number of amides is 3. The molecule has 1 spiro atoms. The number of pyridine rings is 1. The number of nitrogens with one attached hydrogen (secondary N) is 2. The van der Waals surface area contributed by atoms with E-state index in [0.29, 0.717) is 22.6 Å². The van der Waals surface area contributed by atoms with Crippen LogP contribution < -0.4 is 25.8 Å². The van der Waals surface area contributed by atoms with Gasteiger partial charge in [-0.3, -0.25) is 14.4 Å². The molecule has 2 aliphatic carbocycles. The SMILES string of the molecule is CC(C)(O)COc1ccc2c(C(=O)NC3CC4(C3)CC(Oc3cc(-c5cccc(COC(=O)NCCC(=O)OC(C)(C)C)c5)ccc3C(N)=O)C4)cnn2c1. The predicted molar refractivity (Wildman–Crippen MR) is 203 cm³/mol. The van der Waals surface area contributed by atoms with Crippen LogP contribution in [0.4, 0.5) is 4.79 Å². The maximum atomic E-state index is 13.2. The largest absolute Gasteiger partial charge is 0.490 e. The van der Waals surface area contributed by atoms with Gasteiger partial charge in [-0.2, -0.15) is 5.10 Å². The first-order valence-corrected chi connectivity index (χ1v) is 18.4. The number of fused-ring (bicyclic) bond motifs is 1. The van der Waals surface area contributed by atoms with Crippen LogP contribution in [0.1, 0.15) is 93.0 Å². The summed E-state index contributed by atoms with van der Waals surface area (Å²) in [5, 5.41) is 20.0. The van der Waals surface area contributed by atoms with Crippen molar-refractivity contribution in [2.24, 2.45) is 11.1 Å². The Labute approximate surface area is 319 Å². The molecule has 2 aromatic heterocycles. The first-order valence-electron chi connectivity index (χ1n) is 18.4. The Morgan fingerprint density at radius 1 is 0.964 bits per heavy atom. The van der Waals surface area contributed by atoms with Gasteiger partial charge < -0.3 is 40.4 Å². The number of esters is 1. The van der Waals surface area contributed by atoms with E-state index in [1.807, 2.05) is 24.3 Å². The third-order valence-corrected chi connectivity index (χ3v) is 9.53. The quantitative estimate of drug-likeness (QED) is 0.122. The van der Waals surface area contributed by atoms with E-state index in [-0.39, 0.29) is 55.2 Å². The highest BCUT2D eigenvalue weighted by Gasteiger charge is 2.54. The summed E-state index contributed by atoms with van der Waals surface area (Å²) in [7, 11) is 0. The molecule has 0 saturated heterocycles. The molecule has 2 fully saturated rings. The summed E-state index contributed by atoms with van der Waals surface area (Å²) in [4.78, 5) is 49.6. The number of aliphatic hydroxyl groups is 1. The molecule has 14 nitrogen and oxygen atoms in total. The molecule has 4 aromatic rings. The first kappa shape index (κ1) is 39.1. The molecular weight excluding hydrogens is 706 g/mol. The summed E-state index contributed by atoms with van der Waals surface area (Å²) < 4.78 is 24.2. The summed E-state index contributed by atoms with van der Waals surface area (Å²) in [6, 6.07) is 16.3. The molecule has 0 aliphatic heterocycles. The van der Waals surface area contributed by atoms with E-state index in [4.69, 9.17) is 24.7 Å². The zero-order chi connectivity index (χ0) is 39.5. The van der Waals surface area contributed by atoms with Gasteiger partial charge in [0.15, 0.2) is 0 Å². The van der Waals surface area contributed by atoms with Crippen molar-refractivity contribution in [2.45, 2.75) is 96.7 Å². The maximum Gasteiger partial charge on any atom is 0.407 e. The van der Waals surface area contributed by atoms with Gasteiger partial charge in [0, 0.05) is 12.6 Å². The van der Waals surface area contributed by atoms with E-state index < -0.39 is 29.2 Å². The van der Waals surface area contributed by atoms with Crippen LogP contribution in [0.2, 0.25) is 0 Å². The van der Waals surface area contributed by atoms with Gasteiger partial charge in [-0.05, 0) is 113 Å². The van der Waals surface area contributed by atoms with Crippen LogP contribution in [-0.4, -0.2) is 75.1 Å². The number of alkyl carbamates (subject to hydrolysis) is 1. The zero-order valence-electron chi connectivity index (χ0n) is 31.8. The number of rotatable bonds is 14. The molecule has 0 radical (unpaired) electrons. The lowest BCUT2D eigenvalue weighted by molar-refractivity contribution is -0.154. The first-order chi connectivity index (χ1) is 25.9. The average Bonchev–Trinajstić information content (AvgIpc) is 3.50. The minimum absolute atomic E-state index is 0.0146. The maximum absolute atomic E-state index is 13.2. The fourth-order valence-electron chi connectivity index (χ4n) is 7.04. The van der Waals surface area contributed by atoms with Crippen LogP contribution >= 0.6 is 0 Å². The average molecular weight is 756 g/mol. The Balaban J connectivity index is 0.988. The van der Waals surface area contributed by atoms with Crippen LogP contribution in [0, 0.1) is 5.41 Å². The molecule has 5 N–H and O–H groups in total. The van der Waals surface area contributed by atoms with E-state index in [0.717, 1.165) is 42.4 Å². The number of nitrogens with zero attached hydrogens (tertiary/aromatic N) is 2. The summed E-state index contributed by atoms with van der Waals surface area (Å²) >= 11 is 0. The van der Waals surface area contributed by atoms with Crippen LogP contribution in [0.3, 0.4) is 0 Å². The topological polar surface area (TPSA) is 193 Å². The summed E-state index contributed by atoms with van der Waals surface area (Å²) in [5.74, 6) is -0.247. The fourth-order valence-corrected chi connectivity index (χ4v) is 7.04. The molecule has 0 bridgehead atoms. The number of nitrogens with two attached hydrogens (primary N) is 1. The monoisotopic (exact) mass is 755 g/mol. The van der Waals surface area contributed by atoms with Crippen molar-refractivity contribution in [2.75, 3.05) is 13.2 Å². The van der Waals surface area contributed by atoms with Crippen LogP contribution in [0.25, 0.3) is 16.6 Å². The third-order valence-electron chi connectivity index (χ3n) is 9.53. The van der Waals surface area contributed by atoms with E-state index in [1.165, 1.54) is 6.20 Å². The second-order valence-electron chi connectivity index (χ2n) is 16.2. The molecule has 6 rings (SSSR count). The number of carbonyl (C=O) groups is 4. The minimum atomic E-state index is -0.975. The second kappa shape index (κ2) is 15.6. The Morgan fingerprint density at radius 3 is 2.42 bits per heavy atom. The van der Waals surface area contributed by atoms with Gasteiger partial charge in [0.2, 0.25) is 0 Å². The molecule has 2 saturated carbocycles. The summed E-state index contributed by atoms with van der Waals surface area (Å²) in [5.41, 5.74) is 8.01. The van der Waals surface area contributed by atoms with Crippen molar-refractivity contribution < 1.29 is 43.2 Å². The molecule has 14 heteroatoms. The number of ether oxygens (including phenoxy) is 4. The predicted octanol–water partition coefficient (Wildman–Crippen LogP) is 5.33. The standard InChI is InChI=1S/C41H49N5O9/c1-39(2,3)55-35(47)13-14-43-38(50)52-23-25-7-6-8-26(15-25)27-9-11-31(36(42)48)34(16-27)54-30-19-41(20-30)17-28(18-41)45-37(49)32-21-44-46-22-29(10-12-33(32)46)53-24-40(4,5)51/h6-12,15-16,21-22,28,30,51H,13-14,17-20,23-24H2,1-5H3,(H2,42,48)(H,43,50)(H,45,49). The molecule has 3 amide bonds. The molecular formula is C41H49N5O9. The Hall–Kier alpha value is -5.63. The van der Waals surface area contributed by atoms with Crippen molar-refractivity contribution in [1.29, 1.82) is 0 Å². The van der Waals surface area contributed by atoms with Gasteiger partial charge in [-0.25, -0.2) is 9.31 Å². The normalized spacial score (nSPS) is 19.2. The van der Waals surface area contributed by atoms with Gasteiger partial charge >= 0.3 is 12.1 Å². The lowest BCUT2D eigenvalue weighted by atomic mass is 9.53. The number of aromatic nitrogens is 2. The van der Waals surface area contributed by atoms with Crippen LogP contribution in [-0.2, 0) is 20.9 Å². The van der Waals surface area contributed by atoms with Crippen LogP contribution in [0.5, 0.6) is 11.5 Å². The minimum Gasteiger partial charge on any atom is -0.490 e. The van der Waals surface area contributed by atoms with Gasteiger partial charge in [-0.1, -0.05) is 24.3 Å². The lowest BCUT2D eigenvalue weighted by Gasteiger charge is -2.57. The van der Waals surface area contributed by atoms with Crippen molar-refractivity contribution >= 4 is 29.4 Å². The summed E-state index contributed by atoms with van der Waals surface area (Å²) in [6.07, 6.45) is 5.73. The Morgan fingerprint density at radius 2 is 1.71 bits per heavy atom. The van der Waals surface area contributed by atoms with Crippen molar-refractivity contribution in [3.05, 3.63) is 83.7 Å². The highest BCUT2D eigenvalue weighted by molar-refractivity contribution is 6.01. The van der Waals surface area contributed by atoms with E-state index in [1.54, 1.807) is 75.7 Å². The van der Waals surface area contributed by atoms with Gasteiger partial charge in [0.25, 0.3) is 11.8 Å². The van der Waals surface area contributed by atoms with Crippen molar-refractivity contribution in [3.8, 4) is 22.6 Å². The molecule has 0 unspecified atom stereocenters. The number of hydrogen-bond donors (Lipinski definition) is 4. The van der Waals surface area contributed by atoms with E-state index >= 15 is 0 Å². The van der Waals surface area contributed by atoms with E-state index in [2.05, 4.69) is 15.7 Å². The van der Waals surface area contributed by atoms with Gasteiger partial charge in [-0.15, -0.1) is 0 Å². The van der Waals surface area contributed by atoms with Crippen molar-refractivity contribution in [3.63, 3.8) is 0 Å². The number of benzene rings is 2. The number of carbonyl (C=O) groups excluding carboxylic acids is 4. The van der Waals surface area contributed by atoms with Gasteiger partial charge in [0.05, 0.1) is 47.2 Å². The Bertz CT molecular complexity index is 2070. The van der Waals surface area contributed by atoms with E-state index in [9.17, 15) is 24.3 Å². The second-order valence-corrected chi connectivity index (χ2v) is 16.2. The molecule has 2 aromatic carbocycles. The molecule has 0 atom stereocenters. The molecule has 55 heavy (non-hydrogen) atoms. The lowest BCUT2D eigenvalue weighted by Crippen LogP contribution is -2.58. The zero-order valence-corrected chi connectivity index (χ0v) is 31.8. The number of primary amides is 1. The smallest absolute Gasteiger partial charge is 0.407 e. The number of hydrogen-bond acceptors (Lipinski definition) is 10. The van der Waals surface area contributed by atoms with Gasteiger partial charge in [0.1, 0.15) is 30.3 Å². The molecule has 2 heterocycles.